The lowest BCUT2D eigenvalue weighted by Crippen LogP contribution is -2.46. The number of hydrogen-bond acceptors (Lipinski definition) is 3. The summed E-state index contributed by atoms with van der Waals surface area (Å²) in [5.41, 5.74) is 0.326. The highest BCUT2D eigenvalue weighted by Gasteiger charge is 2.26. The Bertz CT molecular complexity index is 296. The van der Waals surface area contributed by atoms with E-state index in [1.165, 1.54) is 19.3 Å². The molecule has 1 saturated carbocycles. The summed E-state index contributed by atoms with van der Waals surface area (Å²) in [6.07, 6.45) is 6.00. The fourth-order valence-corrected chi connectivity index (χ4v) is 3.61. The number of nitrogens with one attached hydrogen (secondary N) is 1. The van der Waals surface area contributed by atoms with Crippen LogP contribution >= 0.6 is 0 Å². The van der Waals surface area contributed by atoms with E-state index < -0.39 is 6.10 Å². The van der Waals surface area contributed by atoms with Crippen molar-refractivity contribution in [3.63, 3.8) is 0 Å². The van der Waals surface area contributed by atoms with Crippen molar-refractivity contribution in [2.45, 2.75) is 91.4 Å². The third-order valence-electron chi connectivity index (χ3n) is 4.32. The van der Waals surface area contributed by atoms with Gasteiger partial charge in [0.1, 0.15) is 0 Å². The number of ether oxygens (including phenoxy) is 1. The van der Waals surface area contributed by atoms with E-state index in [-0.39, 0.29) is 11.0 Å². The molecule has 0 amide bonds. The lowest BCUT2D eigenvalue weighted by Gasteiger charge is -2.34. The van der Waals surface area contributed by atoms with Crippen LogP contribution in [0.25, 0.3) is 0 Å². The molecule has 3 heteroatoms. The molecular weight excluding hydrogens is 262 g/mol. The number of aliphatic hydroxyl groups excluding tert-OH is 1. The van der Waals surface area contributed by atoms with Crippen LogP contribution in [0, 0.1) is 11.3 Å². The van der Waals surface area contributed by atoms with Crippen molar-refractivity contribution < 1.29 is 9.84 Å². The van der Waals surface area contributed by atoms with Crippen LogP contribution in [0.5, 0.6) is 0 Å². The van der Waals surface area contributed by atoms with E-state index in [0.29, 0.717) is 25.2 Å². The first-order chi connectivity index (χ1) is 9.59. The molecule has 1 rings (SSSR count). The summed E-state index contributed by atoms with van der Waals surface area (Å²) in [6, 6.07) is 0. The first-order valence-electron chi connectivity index (χ1n) is 8.64. The lowest BCUT2D eigenvalue weighted by atomic mass is 9.82. The molecule has 0 spiro atoms. The molecule has 0 saturated heterocycles. The quantitative estimate of drug-likeness (QED) is 0.752. The Morgan fingerprint density at radius 3 is 2.33 bits per heavy atom. The van der Waals surface area contributed by atoms with Crippen LogP contribution in [0.4, 0.5) is 0 Å². The Morgan fingerprint density at radius 2 is 1.76 bits per heavy atom. The minimum absolute atomic E-state index is 0.0390. The maximum absolute atomic E-state index is 10.1. The van der Waals surface area contributed by atoms with Gasteiger partial charge in [0.25, 0.3) is 0 Å². The van der Waals surface area contributed by atoms with Crippen molar-refractivity contribution in [3.05, 3.63) is 0 Å². The Balaban J connectivity index is 2.25. The van der Waals surface area contributed by atoms with E-state index >= 15 is 0 Å². The van der Waals surface area contributed by atoms with Gasteiger partial charge in [0.05, 0.1) is 18.8 Å². The van der Waals surface area contributed by atoms with Crippen molar-refractivity contribution >= 4 is 0 Å². The van der Waals surface area contributed by atoms with Crippen LogP contribution in [0.1, 0.15) is 73.6 Å². The molecule has 3 unspecified atom stereocenters. The molecule has 126 valence electrons. The largest absolute Gasteiger partial charge is 0.389 e. The molecule has 0 heterocycles. The van der Waals surface area contributed by atoms with Crippen LogP contribution in [0.3, 0.4) is 0 Å². The van der Waals surface area contributed by atoms with Gasteiger partial charge in [0.2, 0.25) is 0 Å². The fourth-order valence-electron chi connectivity index (χ4n) is 3.61. The molecule has 0 bridgehead atoms. The zero-order valence-corrected chi connectivity index (χ0v) is 15.0. The molecule has 1 fully saturated rings. The minimum atomic E-state index is -0.418. The van der Waals surface area contributed by atoms with Gasteiger partial charge >= 0.3 is 0 Å². The lowest BCUT2D eigenvalue weighted by molar-refractivity contribution is -0.0466. The second-order valence-corrected chi connectivity index (χ2v) is 8.79. The van der Waals surface area contributed by atoms with Crippen LogP contribution in [0.15, 0.2) is 0 Å². The predicted octanol–water partition coefficient (Wildman–Crippen LogP) is 3.75. The van der Waals surface area contributed by atoms with Crippen molar-refractivity contribution in [1.29, 1.82) is 0 Å². The zero-order chi connectivity index (χ0) is 16.1. The molecular formula is C18H37NO2. The molecule has 0 aromatic heterocycles. The second-order valence-electron chi connectivity index (χ2n) is 8.79. The summed E-state index contributed by atoms with van der Waals surface area (Å²) in [7, 11) is 0. The van der Waals surface area contributed by atoms with Crippen LogP contribution in [-0.2, 0) is 4.74 Å². The molecule has 1 aliphatic carbocycles. The third kappa shape index (κ3) is 8.18. The summed E-state index contributed by atoms with van der Waals surface area (Å²) in [4.78, 5) is 0. The van der Waals surface area contributed by atoms with Crippen molar-refractivity contribution in [2.75, 3.05) is 13.2 Å². The maximum Gasteiger partial charge on any atom is 0.0898 e. The third-order valence-corrected chi connectivity index (χ3v) is 4.32. The van der Waals surface area contributed by atoms with Crippen molar-refractivity contribution in [2.24, 2.45) is 11.3 Å². The monoisotopic (exact) mass is 299 g/mol. The molecule has 0 aromatic rings. The van der Waals surface area contributed by atoms with E-state index in [4.69, 9.17) is 4.74 Å². The van der Waals surface area contributed by atoms with Gasteiger partial charge in [-0.25, -0.2) is 0 Å². The number of rotatable bonds is 7. The topological polar surface area (TPSA) is 41.5 Å². The highest BCUT2D eigenvalue weighted by molar-refractivity contribution is 4.84. The summed E-state index contributed by atoms with van der Waals surface area (Å²) < 4.78 is 5.93. The Hall–Kier alpha value is -0.120. The number of aliphatic hydroxyl groups is 1. The molecule has 0 radical (unpaired) electrons. The van der Waals surface area contributed by atoms with E-state index in [1.807, 2.05) is 0 Å². The smallest absolute Gasteiger partial charge is 0.0898 e. The van der Waals surface area contributed by atoms with Gasteiger partial charge in [-0.05, 0) is 44.4 Å². The summed E-state index contributed by atoms with van der Waals surface area (Å²) in [5.74, 6) is 0.635. The zero-order valence-electron chi connectivity index (χ0n) is 15.0. The average Bonchev–Trinajstić information content (AvgIpc) is 2.33. The first kappa shape index (κ1) is 18.9. The van der Waals surface area contributed by atoms with Gasteiger partial charge in [-0.2, -0.15) is 0 Å². The van der Waals surface area contributed by atoms with Crippen LogP contribution in [0.2, 0.25) is 0 Å². The fraction of sp³-hybridized carbons (Fsp3) is 1.00. The van der Waals surface area contributed by atoms with E-state index in [0.717, 1.165) is 12.8 Å². The molecule has 21 heavy (non-hydrogen) atoms. The second kappa shape index (κ2) is 7.94. The van der Waals surface area contributed by atoms with Gasteiger partial charge in [-0.15, -0.1) is 0 Å². The minimum Gasteiger partial charge on any atom is -0.389 e. The molecule has 3 nitrogen and oxygen atoms in total. The molecule has 2 N–H and O–H groups in total. The first-order valence-corrected chi connectivity index (χ1v) is 8.64. The number of β-amino-alcohol motifs (C(OH)–C–C–N with tert-alkyl or cyclic N) is 1. The maximum atomic E-state index is 10.1. The Kier molecular flexibility index (Phi) is 7.15. The molecule has 1 aliphatic rings. The normalized spacial score (nSPS) is 25.9. The molecule has 0 aliphatic heterocycles. The highest BCUT2D eigenvalue weighted by atomic mass is 16.5. The van der Waals surface area contributed by atoms with E-state index in [1.54, 1.807) is 0 Å². The Labute approximate surface area is 131 Å². The Morgan fingerprint density at radius 1 is 1.14 bits per heavy atom. The summed E-state index contributed by atoms with van der Waals surface area (Å²) in [6.45, 7) is 14.5. The van der Waals surface area contributed by atoms with Gasteiger partial charge in [-0.3, -0.25) is 0 Å². The van der Waals surface area contributed by atoms with Crippen molar-refractivity contribution in [1.82, 2.24) is 5.32 Å². The highest BCUT2D eigenvalue weighted by Crippen LogP contribution is 2.27. The van der Waals surface area contributed by atoms with Crippen molar-refractivity contribution in [3.8, 4) is 0 Å². The van der Waals surface area contributed by atoms with E-state index in [9.17, 15) is 5.11 Å². The predicted molar refractivity (Wildman–Crippen MR) is 89.5 cm³/mol. The van der Waals surface area contributed by atoms with Gasteiger partial charge in [-0.1, -0.05) is 40.5 Å². The summed E-state index contributed by atoms with van der Waals surface area (Å²) in [5, 5.41) is 13.6. The van der Waals surface area contributed by atoms with Crippen LogP contribution < -0.4 is 5.32 Å². The van der Waals surface area contributed by atoms with Gasteiger partial charge < -0.3 is 15.2 Å². The van der Waals surface area contributed by atoms with E-state index in [2.05, 4.69) is 46.9 Å². The standard InChI is InChI=1S/C18H37NO2/c1-14-9-7-8-10-16(14)21-12-15(20)11-19-18(5,6)13-17(2,3)4/h14-16,19-20H,7-13H2,1-6H3. The average molecular weight is 299 g/mol. The van der Waals surface area contributed by atoms with Gasteiger partial charge in [0.15, 0.2) is 0 Å². The van der Waals surface area contributed by atoms with Gasteiger partial charge in [0, 0.05) is 12.1 Å². The SMILES string of the molecule is CC1CCCCC1OCC(O)CNC(C)(C)CC(C)(C)C. The molecule has 3 atom stereocenters. The molecule has 0 aromatic carbocycles. The van der Waals surface area contributed by atoms with Crippen LogP contribution in [-0.4, -0.2) is 36.0 Å². The number of hydrogen-bond donors (Lipinski definition) is 2. The summed E-state index contributed by atoms with van der Waals surface area (Å²) >= 11 is 0.